The molecule has 0 saturated heterocycles. The van der Waals surface area contributed by atoms with E-state index in [1.807, 2.05) is 7.05 Å². The van der Waals surface area contributed by atoms with Crippen LogP contribution in [-0.4, -0.2) is 23.2 Å². The lowest BCUT2D eigenvalue weighted by atomic mass is 10.0. The largest absolute Gasteiger partial charge is 0.339 e. The third kappa shape index (κ3) is 4.31. The van der Waals surface area contributed by atoms with Crippen LogP contribution < -0.4 is 5.32 Å². The van der Waals surface area contributed by atoms with Gasteiger partial charge >= 0.3 is 0 Å². The van der Waals surface area contributed by atoms with Gasteiger partial charge < -0.3 is 9.84 Å². The lowest BCUT2D eigenvalue weighted by Crippen LogP contribution is -2.29. The maximum Gasteiger partial charge on any atom is 0.228 e. The summed E-state index contributed by atoms with van der Waals surface area (Å²) in [6, 6.07) is 0.426. The van der Waals surface area contributed by atoms with E-state index in [0.29, 0.717) is 12.0 Å². The van der Waals surface area contributed by atoms with Crippen LogP contribution in [0.4, 0.5) is 0 Å². The molecular formula is C12H23N3O. The molecule has 1 N–H and O–H groups in total. The monoisotopic (exact) mass is 225 g/mol. The molecule has 1 atom stereocenters. The molecule has 0 fully saturated rings. The van der Waals surface area contributed by atoms with E-state index in [4.69, 9.17) is 4.52 Å². The average molecular weight is 225 g/mol. The van der Waals surface area contributed by atoms with Crippen LogP contribution >= 0.6 is 0 Å². The van der Waals surface area contributed by atoms with E-state index in [0.717, 1.165) is 37.4 Å². The zero-order valence-electron chi connectivity index (χ0n) is 10.8. The van der Waals surface area contributed by atoms with Crippen molar-refractivity contribution >= 4 is 0 Å². The minimum atomic E-state index is 0.426. The molecule has 1 aromatic rings. The molecule has 1 rings (SSSR count). The fourth-order valence-corrected chi connectivity index (χ4v) is 1.78. The molecule has 1 aromatic heterocycles. The number of aryl methyl sites for hydroxylation is 1. The minimum Gasteiger partial charge on any atom is -0.339 e. The Morgan fingerprint density at radius 2 is 2.12 bits per heavy atom. The van der Waals surface area contributed by atoms with Gasteiger partial charge in [0, 0.05) is 18.9 Å². The van der Waals surface area contributed by atoms with E-state index in [2.05, 4.69) is 36.2 Å². The Kier molecular flexibility index (Phi) is 5.46. The van der Waals surface area contributed by atoms with Crippen LogP contribution in [0, 0.1) is 5.92 Å². The number of hydrogen-bond donors (Lipinski definition) is 1. The highest BCUT2D eigenvalue weighted by Crippen LogP contribution is 2.10. The molecule has 16 heavy (non-hydrogen) atoms. The Balaban J connectivity index is 2.49. The van der Waals surface area contributed by atoms with Crippen molar-refractivity contribution in [1.29, 1.82) is 0 Å². The average Bonchev–Trinajstić information content (AvgIpc) is 2.64. The highest BCUT2D eigenvalue weighted by molar-refractivity contribution is 4.89. The van der Waals surface area contributed by atoms with Crippen molar-refractivity contribution < 1.29 is 4.52 Å². The summed E-state index contributed by atoms with van der Waals surface area (Å²) in [5.74, 6) is 2.26. The van der Waals surface area contributed by atoms with E-state index >= 15 is 0 Å². The van der Waals surface area contributed by atoms with Crippen LogP contribution in [0.25, 0.3) is 0 Å². The van der Waals surface area contributed by atoms with Gasteiger partial charge in [-0.05, 0) is 25.8 Å². The summed E-state index contributed by atoms with van der Waals surface area (Å²) < 4.78 is 5.23. The second kappa shape index (κ2) is 6.63. The molecule has 1 heterocycles. The molecular weight excluding hydrogens is 202 g/mol. The van der Waals surface area contributed by atoms with Crippen LogP contribution in [0.15, 0.2) is 4.52 Å². The molecule has 0 bridgehead atoms. The molecule has 0 aliphatic carbocycles. The third-order valence-corrected chi connectivity index (χ3v) is 2.57. The zero-order valence-corrected chi connectivity index (χ0v) is 10.8. The van der Waals surface area contributed by atoms with Crippen LogP contribution in [-0.2, 0) is 12.8 Å². The maximum absolute atomic E-state index is 5.23. The number of aromatic nitrogens is 2. The summed E-state index contributed by atoms with van der Waals surface area (Å²) in [7, 11) is 1.98. The van der Waals surface area contributed by atoms with Crippen molar-refractivity contribution in [1.82, 2.24) is 15.5 Å². The lowest BCUT2D eigenvalue weighted by Gasteiger charge is -2.15. The van der Waals surface area contributed by atoms with Crippen molar-refractivity contribution in [3.05, 3.63) is 11.7 Å². The van der Waals surface area contributed by atoms with Gasteiger partial charge in [-0.2, -0.15) is 4.98 Å². The Bertz CT molecular complexity index is 296. The Morgan fingerprint density at radius 3 is 2.69 bits per heavy atom. The number of nitrogens with zero attached hydrogens (tertiary/aromatic N) is 2. The predicted octanol–water partition coefficient (Wildman–Crippen LogP) is 2.20. The lowest BCUT2D eigenvalue weighted by molar-refractivity contribution is 0.342. The topological polar surface area (TPSA) is 51.0 Å². The molecule has 92 valence electrons. The van der Waals surface area contributed by atoms with Gasteiger partial charge in [0.1, 0.15) is 0 Å². The molecule has 0 aromatic carbocycles. The molecule has 1 unspecified atom stereocenters. The zero-order chi connectivity index (χ0) is 12.0. The summed E-state index contributed by atoms with van der Waals surface area (Å²) in [6.07, 6.45) is 3.91. The van der Waals surface area contributed by atoms with Crippen molar-refractivity contribution in [2.24, 2.45) is 5.92 Å². The normalized spacial score (nSPS) is 13.3. The Morgan fingerprint density at radius 1 is 1.38 bits per heavy atom. The van der Waals surface area contributed by atoms with Crippen molar-refractivity contribution in [3.63, 3.8) is 0 Å². The summed E-state index contributed by atoms with van der Waals surface area (Å²) >= 11 is 0. The van der Waals surface area contributed by atoms with Gasteiger partial charge in [-0.3, -0.25) is 0 Å². The predicted molar refractivity (Wildman–Crippen MR) is 64.3 cm³/mol. The first kappa shape index (κ1) is 13.2. The molecule has 0 aliphatic heterocycles. The molecule has 4 nitrogen and oxygen atoms in total. The van der Waals surface area contributed by atoms with E-state index < -0.39 is 0 Å². The molecule has 0 spiro atoms. The Hall–Kier alpha value is -0.900. The first-order valence-corrected chi connectivity index (χ1v) is 6.14. The quantitative estimate of drug-likeness (QED) is 0.773. The molecule has 0 saturated carbocycles. The van der Waals surface area contributed by atoms with Gasteiger partial charge in [-0.1, -0.05) is 25.9 Å². The standard InChI is InChI=1S/C12H23N3O/c1-5-6-11-14-12(16-15-11)8-10(13-4)7-9(2)3/h9-10,13H,5-8H2,1-4H3. The molecule has 0 amide bonds. The highest BCUT2D eigenvalue weighted by atomic mass is 16.5. The second-order valence-electron chi connectivity index (χ2n) is 4.67. The second-order valence-corrected chi connectivity index (χ2v) is 4.67. The number of hydrogen-bond acceptors (Lipinski definition) is 4. The third-order valence-electron chi connectivity index (χ3n) is 2.57. The van der Waals surface area contributed by atoms with Crippen LogP contribution in [0.3, 0.4) is 0 Å². The first-order valence-electron chi connectivity index (χ1n) is 6.14. The summed E-state index contributed by atoms with van der Waals surface area (Å²) in [4.78, 5) is 4.38. The van der Waals surface area contributed by atoms with E-state index in [-0.39, 0.29) is 0 Å². The highest BCUT2D eigenvalue weighted by Gasteiger charge is 2.14. The van der Waals surface area contributed by atoms with Gasteiger partial charge in [0.05, 0.1) is 0 Å². The fourth-order valence-electron chi connectivity index (χ4n) is 1.78. The Labute approximate surface area is 97.8 Å². The number of nitrogens with one attached hydrogen (secondary N) is 1. The molecule has 4 heteroatoms. The van der Waals surface area contributed by atoms with Gasteiger partial charge in [0.2, 0.25) is 5.89 Å². The van der Waals surface area contributed by atoms with E-state index in [9.17, 15) is 0 Å². The first-order chi connectivity index (χ1) is 7.65. The summed E-state index contributed by atoms with van der Waals surface area (Å²) in [5.41, 5.74) is 0. The summed E-state index contributed by atoms with van der Waals surface area (Å²) in [6.45, 7) is 6.56. The van der Waals surface area contributed by atoms with Crippen LogP contribution in [0.5, 0.6) is 0 Å². The molecule has 0 aliphatic rings. The molecule has 0 radical (unpaired) electrons. The van der Waals surface area contributed by atoms with Crippen molar-refractivity contribution in [3.8, 4) is 0 Å². The SMILES string of the molecule is CCCc1noc(CC(CC(C)C)NC)n1. The van der Waals surface area contributed by atoms with Gasteiger partial charge in [0.15, 0.2) is 5.82 Å². The summed E-state index contributed by atoms with van der Waals surface area (Å²) in [5, 5.41) is 7.25. The van der Waals surface area contributed by atoms with Gasteiger partial charge in [0.25, 0.3) is 0 Å². The number of rotatable bonds is 7. The van der Waals surface area contributed by atoms with Gasteiger partial charge in [-0.25, -0.2) is 0 Å². The minimum absolute atomic E-state index is 0.426. The van der Waals surface area contributed by atoms with Crippen LogP contribution in [0.2, 0.25) is 0 Å². The smallest absolute Gasteiger partial charge is 0.228 e. The van der Waals surface area contributed by atoms with E-state index in [1.165, 1.54) is 0 Å². The maximum atomic E-state index is 5.23. The van der Waals surface area contributed by atoms with E-state index in [1.54, 1.807) is 0 Å². The fraction of sp³-hybridized carbons (Fsp3) is 0.833. The van der Waals surface area contributed by atoms with Crippen LogP contribution in [0.1, 0.15) is 45.3 Å². The van der Waals surface area contributed by atoms with Crippen molar-refractivity contribution in [2.75, 3.05) is 7.05 Å². The van der Waals surface area contributed by atoms with Crippen molar-refractivity contribution in [2.45, 2.75) is 52.5 Å². The van der Waals surface area contributed by atoms with Gasteiger partial charge in [-0.15, -0.1) is 0 Å². The number of likely N-dealkylation sites (N-methyl/N-ethyl adjacent to an activating group) is 1.